The quantitative estimate of drug-likeness (QED) is 0.259. The van der Waals surface area contributed by atoms with E-state index >= 15 is 0 Å². The van der Waals surface area contributed by atoms with Gasteiger partial charge in [-0.3, -0.25) is 9.69 Å². The third-order valence-corrected chi connectivity index (χ3v) is 11.7. The molecule has 2 aliphatic heterocycles. The second-order valence-corrected chi connectivity index (χ2v) is 16.8. The van der Waals surface area contributed by atoms with E-state index in [9.17, 15) is 14.7 Å². The summed E-state index contributed by atoms with van der Waals surface area (Å²) in [5.74, 6) is 2.19. The number of hydrogen-bond acceptors (Lipinski definition) is 7. The van der Waals surface area contributed by atoms with Gasteiger partial charge in [-0.1, -0.05) is 55.5 Å². The number of nitrogens with zero attached hydrogens (tertiary/aromatic N) is 1. The van der Waals surface area contributed by atoms with Gasteiger partial charge in [0.05, 0.1) is 18.8 Å². The van der Waals surface area contributed by atoms with Gasteiger partial charge in [-0.2, -0.15) is 0 Å². The van der Waals surface area contributed by atoms with Gasteiger partial charge in [-0.25, -0.2) is 4.79 Å². The number of ether oxygens (including phenoxy) is 3. The maximum absolute atomic E-state index is 13.1. The number of carbonyl (C=O) groups excluding carboxylic acids is 2. The molecule has 2 aromatic rings. The van der Waals surface area contributed by atoms with E-state index in [1.807, 2.05) is 69.3 Å². The molecule has 2 amide bonds. The van der Waals surface area contributed by atoms with Gasteiger partial charge in [0.2, 0.25) is 0 Å². The maximum atomic E-state index is 13.1. The van der Waals surface area contributed by atoms with Gasteiger partial charge in [0.25, 0.3) is 0 Å². The van der Waals surface area contributed by atoms with E-state index in [0.717, 1.165) is 78.7 Å². The lowest BCUT2D eigenvalue weighted by Gasteiger charge is -2.56. The molecule has 0 aromatic heterocycles. The summed E-state index contributed by atoms with van der Waals surface area (Å²) in [4.78, 5) is 28.4. The molecule has 2 saturated heterocycles. The van der Waals surface area contributed by atoms with Gasteiger partial charge in [0.1, 0.15) is 11.6 Å². The molecule has 0 radical (unpaired) electrons. The Morgan fingerprint density at radius 1 is 0.918 bits per heavy atom. The molecule has 2 aromatic carbocycles. The van der Waals surface area contributed by atoms with Crippen LogP contribution in [0.1, 0.15) is 114 Å². The lowest BCUT2D eigenvalue weighted by molar-refractivity contribution is -0.276. The molecule has 9 nitrogen and oxygen atoms in total. The van der Waals surface area contributed by atoms with Crippen LogP contribution in [-0.2, 0) is 32.2 Å². The number of aliphatic hydroxyl groups is 1. The fourth-order valence-electron chi connectivity index (χ4n) is 9.76. The predicted molar refractivity (Wildman–Crippen MR) is 186 cm³/mol. The van der Waals surface area contributed by atoms with Gasteiger partial charge in [0, 0.05) is 30.1 Å². The van der Waals surface area contributed by atoms with E-state index in [1.54, 1.807) is 0 Å². The smallest absolute Gasteiger partial charge is 0.323 e. The molecule has 0 unspecified atom stereocenters. The Labute approximate surface area is 291 Å². The van der Waals surface area contributed by atoms with Crippen molar-refractivity contribution in [1.29, 1.82) is 0 Å². The minimum absolute atomic E-state index is 0.00655. The van der Waals surface area contributed by atoms with Gasteiger partial charge >= 0.3 is 12.0 Å². The molecule has 6 fully saturated rings. The summed E-state index contributed by atoms with van der Waals surface area (Å²) in [5, 5.41) is 16.1. The Morgan fingerprint density at radius 2 is 1.53 bits per heavy atom. The molecule has 8 rings (SSSR count). The number of benzene rings is 2. The molecule has 3 N–H and O–H groups in total. The third-order valence-electron chi connectivity index (χ3n) is 11.7. The zero-order chi connectivity index (χ0) is 34.3. The molecule has 0 spiro atoms. The van der Waals surface area contributed by atoms with E-state index in [0.29, 0.717) is 13.1 Å². The zero-order valence-corrected chi connectivity index (χ0v) is 29.7. The Hall–Kier alpha value is -2.98. The van der Waals surface area contributed by atoms with Crippen molar-refractivity contribution < 1.29 is 28.9 Å². The topological polar surface area (TPSA) is 109 Å². The number of likely N-dealkylation sites (tertiary alicyclic amines) is 1. The van der Waals surface area contributed by atoms with Crippen LogP contribution in [0.25, 0.3) is 0 Å². The van der Waals surface area contributed by atoms with Crippen molar-refractivity contribution in [2.45, 2.75) is 128 Å². The predicted octanol–water partition coefficient (Wildman–Crippen LogP) is 6.54. The molecule has 4 saturated carbocycles. The average Bonchev–Trinajstić information content (AvgIpc) is 3.52. The average molecular weight is 674 g/mol. The van der Waals surface area contributed by atoms with Crippen molar-refractivity contribution in [3.05, 3.63) is 70.8 Å². The van der Waals surface area contributed by atoms with Crippen LogP contribution < -0.4 is 10.6 Å². The van der Waals surface area contributed by atoms with E-state index in [2.05, 4.69) is 22.5 Å². The van der Waals surface area contributed by atoms with Crippen molar-refractivity contribution in [3.8, 4) is 0 Å². The van der Waals surface area contributed by atoms with Gasteiger partial charge in [-0.05, 0) is 113 Å². The Bertz CT molecular complexity index is 1440. The zero-order valence-electron chi connectivity index (χ0n) is 29.7. The van der Waals surface area contributed by atoms with Crippen molar-refractivity contribution in [3.63, 3.8) is 0 Å². The van der Waals surface area contributed by atoms with Crippen LogP contribution in [0, 0.1) is 23.7 Å². The Balaban J connectivity index is 1.02. The first-order valence-corrected chi connectivity index (χ1v) is 18.6. The fourth-order valence-corrected chi connectivity index (χ4v) is 9.76. The normalized spacial score (nSPS) is 34.1. The first kappa shape index (κ1) is 34.5. The van der Waals surface area contributed by atoms with E-state index in [-0.39, 0.29) is 48.3 Å². The number of urea groups is 1. The van der Waals surface area contributed by atoms with Gasteiger partial charge in [-0.15, -0.1) is 0 Å². The number of nitrogens with one attached hydrogen (secondary N) is 2. The number of aliphatic hydroxyl groups excluding tert-OH is 1. The molecule has 4 bridgehead atoms. The van der Waals surface area contributed by atoms with E-state index in [4.69, 9.17) is 14.2 Å². The molecule has 49 heavy (non-hydrogen) atoms. The summed E-state index contributed by atoms with van der Waals surface area (Å²) in [6.45, 7) is 9.72. The summed E-state index contributed by atoms with van der Waals surface area (Å²) in [7, 11) is 0. The summed E-state index contributed by atoms with van der Waals surface area (Å²) < 4.78 is 19.2. The largest absolute Gasteiger partial charge is 0.459 e. The van der Waals surface area contributed by atoms with Crippen LogP contribution in [-0.4, -0.2) is 58.4 Å². The highest BCUT2D eigenvalue weighted by Gasteiger charge is 2.51. The van der Waals surface area contributed by atoms with Crippen LogP contribution in [0.3, 0.4) is 0 Å². The summed E-state index contributed by atoms with van der Waals surface area (Å²) in [5.41, 5.74) is 3.25. The second kappa shape index (κ2) is 14.0. The molecule has 5 atom stereocenters. The summed E-state index contributed by atoms with van der Waals surface area (Å²) >= 11 is 0. The second-order valence-electron chi connectivity index (χ2n) is 16.8. The number of esters is 1. The molecule has 9 heteroatoms. The van der Waals surface area contributed by atoms with Crippen LogP contribution >= 0.6 is 0 Å². The minimum atomic E-state index is -0.604. The maximum Gasteiger partial charge on any atom is 0.323 e. The van der Waals surface area contributed by atoms with Crippen LogP contribution in [0.5, 0.6) is 0 Å². The van der Waals surface area contributed by atoms with E-state index in [1.165, 1.54) is 19.3 Å². The lowest BCUT2D eigenvalue weighted by Crippen LogP contribution is -2.61. The summed E-state index contributed by atoms with van der Waals surface area (Å²) in [6, 6.07) is 15.7. The van der Waals surface area contributed by atoms with Crippen LogP contribution in [0.4, 0.5) is 4.79 Å². The fraction of sp³-hybridized carbons (Fsp3) is 0.650. The first-order chi connectivity index (χ1) is 23.5. The monoisotopic (exact) mass is 673 g/mol. The first-order valence-electron chi connectivity index (χ1n) is 18.6. The van der Waals surface area contributed by atoms with Crippen molar-refractivity contribution in [2.24, 2.45) is 23.7 Å². The van der Waals surface area contributed by atoms with Crippen molar-refractivity contribution in [2.75, 3.05) is 13.1 Å². The third kappa shape index (κ3) is 7.85. The van der Waals surface area contributed by atoms with Crippen molar-refractivity contribution in [1.82, 2.24) is 15.5 Å². The van der Waals surface area contributed by atoms with Gasteiger partial charge in [0.15, 0.2) is 6.29 Å². The lowest BCUT2D eigenvalue weighted by atomic mass is 9.53. The number of rotatable bonds is 9. The molecular weight excluding hydrogens is 618 g/mol. The van der Waals surface area contributed by atoms with Crippen LogP contribution in [0.2, 0.25) is 0 Å². The standard InChI is InChI=1S/C40H55N3O6/c1-25-34(23-43-15-5-6-33(43)36(45)49-39(2,3)4)47-37(48-35(25)31-11-9-27(24-44)10-12-31)32-13-7-26(8-14-32)22-41-38(46)42-40-19-28-16-29(20-40)18-30(17-28)21-40/h7-14,25,28-30,33-35,37,44H,5-6,15-24H2,1-4H3,(H2,41,42,46)/t25-,28?,29?,30?,33+,34+,35+,37+,40?/m1/s1. The van der Waals surface area contributed by atoms with Crippen LogP contribution in [0.15, 0.2) is 48.5 Å². The summed E-state index contributed by atoms with van der Waals surface area (Å²) in [6.07, 6.45) is 8.13. The molecule has 4 aliphatic carbocycles. The molecule has 6 aliphatic rings. The highest BCUT2D eigenvalue weighted by Crippen LogP contribution is 2.55. The highest BCUT2D eigenvalue weighted by molar-refractivity contribution is 5.76. The van der Waals surface area contributed by atoms with E-state index < -0.39 is 11.9 Å². The van der Waals surface area contributed by atoms with Gasteiger partial charge < -0.3 is 30.0 Å². The highest BCUT2D eigenvalue weighted by atomic mass is 16.7. The Kier molecular flexibility index (Phi) is 9.83. The molecule has 2 heterocycles. The minimum Gasteiger partial charge on any atom is -0.459 e. The SMILES string of the molecule is C[C@@H]1[C@H](CN2CCC[C@H]2C(=O)OC(C)(C)C)O[C@H](c2ccc(CNC(=O)NC34CC5CC(CC(C5)C3)C4)cc2)O[C@@H]1c1ccc(CO)cc1. The number of carbonyl (C=O) groups is 2. The Morgan fingerprint density at radius 3 is 2.14 bits per heavy atom. The van der Waals surface area contributed by atoms with Crippen molar-refractivity contribution >= 4 is 12.0 Å². The molecular formula is C40H55N3O6. The number of amides is 2. The number of hydrogen-bond donors (Lipinski definition) is 3. The molecule has 266 valence electrons.